The fourth-order valence-corrected chi connectivity index (χ4v) is 4.12. The van der Waals surface area contributed by atoms with Gasteiger partial charge in [0.05, 0.1) is 21.8 Å². The summed E-state index contributed by atoms with van der Waals surface area (Å²) in [5.74, 6) is 0.671. The molecule has 6 nitrogen and oxygen atoms in total. The summed E-state index contributed by atoms with van der Waals surface area (Å²) in [6, 6.07) is 11.9. The van der Waals surface area contributed by atoms with Gasteiger partial charge < -0.3 is 4.98 Å². The topological polar surface area (TPSA) is 74.8 Å². The van der Waals surface area contributed by atoms with Crippen molar-refractivity contribution >= 4 is 22.4 Å². The van der Waals surface area contributed by atoms with Crippen LogP contribution in [0.15, 0.2) is 52.8 Å². The van der Waals surface area contributed by atoms with Crippen LogP contribution in [0, 0.1) is 0 Å². The zero-order chi connectivity index (χ0) is 18.2. The first-order valence-corrected chi connectivity index (χ1v) is 9.73. The van der Waals surface area contributed by atoms with Crippen LogP contribution in [-0.4, -0.2) is 31.4 Å². The van der Waals surface area contributed by atoms with Crippen molar-refractivity contribution in [2.75, 3.05) is 6.54 Å². The van der Waals surface area contributed by atoms with Crippen molar-refractivity contribution < 1.29 is 0 Å². The van der Waals surface area contributed by atoms with Crippen molar-refractivity contribution in [2.45, 2.75) is 19.5 Å². The van der Waals surface area contributed by atoms with Gasteiger partial charge in [0.2, 0.25) is 0 Å². The highest BCUT2D eigenvalue weighted by Gasteiger charge is 2.22. The molecule has 0 saturated carbocycles. The van der Waals surface area contributed by atoms with Crippen LogP contribution in [0.25, 0.3) is 21.7 Å². The van der Waals surface area contributed by atoms with Crippen molar-refractivity contribution in [3.63, 3.8) is 0 Å². The maximum absolute atomic E-state index is 12.6. The fourth-order valence-electron chi connectivity index (χ4n) is 3.46. The summed E-state index contributed by atoms with van der Waals surface area (Å²) in [7, 11) is 0. The van der Waals surface area contributed by atoms with Crippen molar-refractivity contribution in [3.05, 3.63) is 75.3 Å². The molecule has 0 fully saturated rings. The number of nitrogens with one attached hydrogen (secondary N) is 1. The quantitative estimate of drug-likeness (QED) is 0.596. The molecule has 4 aromatic heterocycles. The highest BCUT2D eigenvalue weighted by molar-refractivity contribution is 7.13. The predicted molar refractivity (Wildman–Crippen MR) is 106 cm³/mol. The third-order valence-corrected chi connectivity index (χ3v) is 5.69. The van der Waals surface area contributed by atoms with Crippen LogP contribution in [0.3, 0.4) is 0 Å². The number of nitrogens with zero attached hydrogens (tertiary/aromatic N) is 4. The lowest BCUT2D eigenvalue weighted by Gasteiger charge is -2.27. The third-order valence-electron chi connectivity index (χ3n) is 4.81. The van der Waals surface area contributed by atoms with Crippen LogP contribution in [0.4, 0.5) is 0 Å². The lowest BCUT2D eigenvalue weighted by atomic mass is 10.1. The van der Waals surface area contributed by atoms with Crippen molar-refractivity contribution in [1.29, 1.82) is 0 Å². The van der Waals surface area contributed by atoms with Crippen LogP contribution >= 0.6 is 11.3 Å². The van der Waals surface area contributed by atoms with Gasteiger partial charge in [-0.3, -0.25) is 9.69 Å². The lowest BCUT2D eigenvalue weighted by Crippen LogP contribution is -2.35. The minimum absolute atomic E-state index is 0.0405. The standard InChI is InChI=1S/C20H17N5OS/c26-20-15-12-25(11-14-6-5-13-3-1-8-21-18(13)22-14)9-7-16(15)23-19(24-20)17-4-2-10-27-17/h1-6,8,10H,7,9,11-12H2,(H,23,24,26). The Kier molecular flexibility index (Phi) is 4.03. The summed E-state index contributed by atoms with van der Waals surface area (Å²) in [5, 5.41) is 3.02. The van der Waals surface area contributed by atoms with Crippen LogP contribution in [0.5, 0.6) is 0 Å². The minimum atomic E-state index is -0.0405. The first kappa shape index (κ1) is 16.3. The van der Waals surface area contributed by atoms with E-state index in [-0.39, 0.29) is 5.56 Å². The first-order valence-electron chi connectivity index (χ1n) is 8.85. The number of rotatable bonds is 3. The van der Waals surface area contributed by atoms with E-state index in [1.807, 2.05) is 41.8 Å². The Balaban J connectivity index is 1.39. The summed E-state index contributed by atoms with van der Waals surface area (Å²) in [4.78, 5) is 32.4. The number of aromatic nitrogens is 4. The second-order valence-electron chi connectivity index (χ2n) is 6.63. The maximum atomic E-state index is 12.6. The lowest BCUT2D eigenvalue weighted by molar-refractivity contribution is 0.239. The number of hydrogen-bond donors (Lipinski definition) is 1. The Morgan fingerprint density at radius 3 is 3.00 bits per heavy atom. The highest BCUT2D eigenvalue weighted by Crippen LogP contribution is 2.23. The number of aromatic amines is 1. The average Bonchev–Trinajstić information content (AvgIpc) is 3.23. The van der Waals surface area contributed by atoms with Crippen molar-refractivity contribution in [2.24, 2.45) is 0 Å². The number of H-pyrrole nitrogens is 1. The van der Waals surface area contributed by atoms with E-state index in [0.717, 1.165) is 45.8 Å². The average molecular weight is 375 g/mol. The zero-order valence-electron chi connectivity index (χ0n) is 14.6. The van der Waals surface area contributed by atoms with Crippen molar-refractivity contribution in [3.8, 4) is 10.7 Å². The molecular weight excluding hydrogens is 358 g/mol. The van der Waals surface area contributed by atoms with Gasteiger partial charge in [0.1, 0.15) is 0 Å². The zero-order valence-corrected chi connectivity index (χ0v) is 15.4. The highest BCUT2D eigenvalue weighted by atomic mass is 32.1. The molecule has 7 heteroatoms. The van der Waals surface area contributed by atoms with E-state index in [4.69, 9.17) is 4.98 Å². The summed E-state index contributed by atoms with van der Waals surface area (Å²) < 4.78 is 0. The Labute approximate surface area is 159 Å². The second kappa shape index (κ2) is 6.68. The molecule has 5 heterocycles. The molecule has 0 spiro atoms. The number of fused-ring (bicyclic) bond motifs is 2. The van der Waals surface area contributed by atoms with Gasteiger partial charge in [-0.25, -0.2) is 15.0 Å². The van der Waals surface area contributed by atoms with E-state index >= 15 is 0 Å². The number of hydrogen-bond acceptors (Lipinski definition) is 6. The van der Waals surface area contributed by atoms with Crippen LogP contribution < -0.4 is 5.56 Å². The maximum Gasteiger partial charge on any atom is 0.255 e. The predicted octanol–water partition coefficient (Wildman–Crippen LogP) is 3.00. The molecule has 134 valence electrons. The van der Waals surface area contributed by atoms with Gasteiger partial charge in [0.25, 0.3) is 5.56 Å². The summed E-state index contributed by atoms with van der Waals surface area (Å²) in [6.07, 6.45) is 2.52. The van der Waals surface area contributed by atoms with Gasteiger partial charge in [-0.1, -0.05) is 6.07 Å². The molecule has 0 unspecified atom stereocenters. The van der Waals surface area contributed by atoms with Crippen LogP contribution in [0.2, 0.25) is 0 Å². The molecule has 1 aliphatic heterocycles. The molecule has 0 saturated heterocycles. The van der Waals surface area contributed by atoms with Gasteiger partial charge in [-0.2, -0.15) is 0 Å². The Hall–Kier alpha value is -2.90. The van der Waals surface area contributed by atoms with Gasteiger partial charge >= 0.3 is 0 Å². The molecule has 0 aromatic carbocycles. The van der Waals surface area contributed by atoms with E-state index < -0.39 is 0 Å². The second-order valence-corrected chi connectivity index (χ2v) is 7.58. The van der Waals surface area contributed by atoms with E-state index in [9.17, 15) is 4.79 Å². The number of pyridine rings is 2. The fraction of sp³-hybridized carbons (Fsp3) is 0.200. The van der Waals surface area contributed by atoms with Crippen molar-refractivity contribution in [1.82, 2.24) is 24.8 Å². The molecule has 4 aromatic rings. The molecule has 27 heavy (non-hydrogen) atoms. The third kappa shape index (κ3) is 3.15. The van der Waals surface area contributed by atoms with E-state index in [1.165, 1.54) is 0 Å². The molecular formula is C20H17N5OS. The van der Waals surface area contributed by atoms with Crippen LogP contribution in [-0.2, 0) is 19.5 Å². The SMILES string of the molecule is O=c1[nH]c(-c2cccs2)nc2c1CN(Cc1ccc3cccnc3n1)CC2. The smallest absolute Gasteiger partial charge is 0.255 e. The normalized spacial score (nSPS) is 14.4. The summed E-state index contributed by atoms with van der Waals surface area (Å²) in [5.41, 5.74) is 3.35. The molecule has 5 rings (SSSR count). The van der Waals surface area contributed by atoms with Gasteiger partial charge in [0, 0.05) is 37.6 Å². The van der Waals surface area contributed by atoms with E-state index in [0.29, 0.717) is 18.9 Å². The number of thiophene rings is 1. The van der Waals surface area contributed by atoms with Gasteiger partial charge in [0.15, 0.2) is 11.5 Å². The molecule has 1 aliphatic rings. The van der Waals surface area contributed by atoms with E-state index in [2.05, 4.69) is 19.9 Å². The minimum Gasteiger partial charge on any atom is -0.306 e. The molecule has 0 radical (unpaired) electrons. The van der Waals surface area contributed by atoms with Crippen LogP contribution in [0.1, 0.15) is 17.0 Å². The monoisotopic (exact) mass is 375 g/mol. The summed E-state index contributed by atoms with van der Waals surface area (Å²) in [6.45, 7) is 2.14. The molecule has 0 aliphatic carbocycles. The van der Waals surface area contributed by atoms with E-state index in [1.54, 1.807) is 17.5 Å². The Morgan fingerprint density at radius 1 is 1.15 bits per heavy atom. The Morgan fingerprint density at radius 2 is 2.11 bits per heavy atom. The van der Waals surface area contributed by atoms with Gasteiger partial charge in [-0.05, 0) is 35.7 Å². The summed E-state index contributed by atoms with van der Waals surface area (Å²) >= 11 is 1.58. The van der Waals surface area contributed by atoms with Gasteiger partial charge in [-0.15, -0.1) is 11.3 Å². The molecule has 0 bridgehead atoms. The molecule has 1 N–H and O–H groups in total. The Bertz CT molecular complexity index is 1170. The largest absolute Gasteiger partial charge is 0.306 e. The first-order chi connectivity index (χ1) is 13.3. The molecule has 0 amide bonds. The molecule has 0 atom stereocenters.